The Kier molecular flexibility index (Phi) is 7.21. The van der Waals surface area contributed by atoms with Gasteiger partial charge in [-0.1, -0.05) is 49.9 Å². The van der Waals surface area contributed by atoms with Crippen molar-refractivity contribution in [1.82, 2.24) is 20.6 Å². The highest BCUT2D eigenvalue weighted by atomic mass is 32.2. The van der Waals surface area contributed by atoms with Crippen LogP contribution < -0.4 is 16.2 Å². The molecule has 0 saturated carbocycles. The van der Waals surface area contributed by atoms with Gasteiger partial charge in [-0.15, -0.1) is 0 Å². The topological polar surface area (TPSA) is 117 Å². The number of aromatic amines is 1. The van der Waals surface area contributed by atoms with Crippen molar-refractivity contribution in [3.05, 3.63) is 69.3 Å². The zero-order chi connectivity index (χ0) is 24.2. The quantitative estimate of drug-likeness (QED) is 0.336. The van der Waals surface area contributed by atoms with Gasteiger partial charge in [0.2, 0.25) is 5.91 Å². The highest BCUT2D eigenvalue weighted by Crippen LogP contribution is 2.26. The molecule has 0 spiro atoms. The van der Waals surface area contributed by atoms with Gasteiger partial charge < -0.3 is 20.0 Å². The van der Waals surface area contributed by atoms with Crippen molar-refractivity contribution in [3.8, 4) is 11.3 Å². The first-order valence-corrected chi connectivity index (χ1v) is 12.3. The lowest BCUT2D eigenvalue weighted by atomic mass is 10.0. The van der Waals surface area contributed by atoms with Crippen LogP contribution >= 0.6 is 11.8 Å². The lowest BCUT2D eigenvalue weighted by Gasteiger charge is -2.19. The summed E-state index contributed by atoms with van der Waals surface area (Å²) in [5.74, 6) is 0.642. The lowest BCUT2D eigenvalue weighted by molar-refractivity contribution is -0.123. The van der Waals surface area contributed by atoms with E-state index in [0.29, 0.717) is 16.7 Å². The van der Waals surface area contributed by atoms with Crippen molar-refractivity contribution in [2.45, 2.75) is 50.1 Å². The highest BCUT2D eigenvalue weighted by molar-refractivity contribution is 7.98. The fourth-order valence-corrected chi connectivity index (χ4v) is 4.76. The number of hydrogen-bond donors (Lipinski definition) is 3. The summed E-state index contributed by atoms with van der Waals surface area (Å²) in [7, 11) is 1.54. The second-order valence-electron chi connectivity index (χ2n) is 8.61. The molecule has 2 amide bonds. The molecule has 9 heteroatoms. The van der Waals surface area contributed by atoms with Crippen molar-refractivity contribution in [1.29, 1.82) is 0 Å². The number of aryl methyl sites for hydroxylation is 1. The molecule has 0 bridgehead atoms. The summed E-state index contributed by atoms with van der Waals surface area (Å²) < 4.78 is 5.75. The molecule has 3 N–H and O–H groups in total. The fourth-order valence-electron chi connectivity index (χ4n) is 3.92. The Morgan fingerprint density at radius 2 is 1.91 bits per heavy atom. The Bertz CT molecular complexity index is 1250. The van der Waals surface area contributed by atoms with Gasteiger partial charge in [0.05, 0.1) is 5.69 Å². The number of benzene rings is 1. The van der Waals surface area contributed by atoms with Gasteiger partial charge in [-0.2, -0.15) is 0 Å². The predicted octanol–water partition coefficient (Wildman–Crippen LogP) is 3.31. The number of fused-ring (bicyclic) bond motifs is 1. The molecule has 0 radical (unpaired) electrons. The maximum Gasteiger partial charge on any atom is 0.287 e. The first kappa shape index (κ1) is 23.8. The van der Waals surface area contributed by atoms with Crippen LogP contribution in [0.25, 0.3) is 11.3 Å². The molecular weight excluding hydrogens is 452 g/mol. The Labute approximate surface area is 201 Å². The Hall–Kier alpha value is -3.33. The van der Waals surface area contributed by atoms with E-state index in [9.17, 15) is 14.4 Å². The summed E-state index contributed by atoms with van der Waals surface area (Å²) in [4.78, 5) is 44.2. The fraction of sp³-hybridized carbons (Fsp3) is 0.360. The van der Waals surface area contributed by atoms with Gasteiger partial charge in [0, 0.05) is 23.9 Å². The molecular formula is C25H28N4O4S. The van der Waals surface area contributed by atoms with Crippen molar-refractivity contribution in [2.75, 3.05) is 7.05 Å². The van der Waals surface area contributed by atoms with Gasteiger partial charge in [-0.25, -0.2) is 4.98 Å². The van der Waals surface area contributed by atoms with Crippen LogP contribution in [0.3, 0.4) is 0 Å². The summed E-state index contributed by atoms with van der Waals surface area (Å²) in [5, 5.41) is 5.94. The van der Waals surface area contributed by atoms with Crippen molar-refractivity contribution >= 4 is 23.6 Å². The number of nitrogens with one attached hydrogen (secondary N) is 3. The maximum absolute atomic E-state index is 12.6. The highest BCUT2D eigenvalue weighted by Gasteiger charge is 2.25. The minimum absolute atomic E-state index is 0.0203. The zero-order valence-corrected chi connectivity index (χ0v) is 20.3. The third-order valence-corrected chi connectivity index (χ3v) is 6.79. The van der Waals surface area contributed by atoms with Crippen molar-refractivity contribution in [3.63, 3.8) is 0 Å². The molecule has 1 atom stereocenters. The lowest BCUT2D eigenvalue weighted by Crippen LogP contribution is -2.48. The molecule has 0 fully saturated rings. The monoisotopic (exact) mass is 480 g/mol. The van der Waals surface area contributed by atoms with E-state index < -0.39 is 11.9 Å². The van der Waals surface area contributed by atoms with E-state index in [-0.39, 0.29) is 23.1 Å². The number of thioether (sulfide) groups is 1. The van der Waals surface area contributed by atoms with Crippen LogP contribution in [0.1, 0.15) is 47.6 Å². The molecule has 0 unspecified atom stereocenters. The number of rotatable bonds is 8. The number of aromatic nitrogens is 2. The van der Waals surface area contributed by atoms with Crippen LogP contribution in [0.2, 0.25) is 0 Å². The largest absolute Gasteiger partial charge is 0.451 e. The standard InChI is InChI=1S/C25H28N4O4S/c1-14(2)21(24(32)26-3)28-23(31)20-12-11-19(33-20)16-9-7-15(8-10-16)13-34-25-27-18-6-4-5-17(18)22(30)29-25/h7-12,14,21H,4-6,13H2,1-3H3,(H,26,32)(H,28,31)(H,27,29,30)/t21-/m0/s1. The summed E-state index contributed by atoms with van der Waals surface area (Å²) >= 11 is 1.50. The number of likely N-dealkylation sites (N-methyl/N-ethyl adjacent to an activating group) is 1. The first-order valence-electron chi connectivity index (χ1n) is 11.3. The molecule has 0 saturated heterocycles. The van der Waals surface area contributed by atoms with E-state index in [4.69, 9.17) is 4.42 Å². The van der Waals surface area contributed by atoms with Gasteiger partial charge >= 0.3 is 0 Å². The SMILES string of the molecule is CNC(=O)[C@@H](NC(=O)c1ccc(-c2ccc(CSc3nc4c(c(=O)[nH]3)CCC4)cc2)o1)C(C)C. The number of amides is 2. The predicted molar refractivity (Wildman–Crippen MR) is 131 cm³/mol. The molecule has 8 nitrogen and oxygen atoms in total. The molecule has 2 aromatic heterocycles. The Morgan fingerprint density at radius 1 is 1.15 bits per heavy atom. The second-order valence-corrected chi connectivity index (χ2v) is 9.57. The zero-order valence-electron chi connectivity index (χ0n) is 19.4. The number of nitrogens with zero attached hydrogens (tertiary/aromatic N) is 1. The number of furan rings is 1. The van der Waals surface area contributed by atoms with Crippen LogP contribution in [0.5, 0.6) is 0 Å². The van der Waals surface area contributed by atoms with E-state index in [1.165, 1.54) is 11.8 Å². The summed E-state index contributed by atoms with van der Waals surface area (Å²) in [6.07, 6.45) is 2.67. The summed E-state index contributed by atoms with van der Waals surface area (Å²) in [6.45, 7) is 3.73. The molecule has 0 aliphatic heterocycles. The molecule has 34 heavy (non-hydrogen) atoms. The molecule has 1 aliphatic carbocycles. The molecule has 2 heterocycles. The number of H-pyrrole nitrogens is 1. The number of carbonyl (C=O) groups excluding carboxylic acids is 2. The van der Waals surface area contributed by atoms with E-state index in [1.807, 2.05) is 38.1 Å². The third-order valence-electron chi connectivity index (χ3n) is 5.85. The minimum Gasteiger partial charge on any atom is -0.451 e. The van der Waals surface area contributed by atoms with Gasteiger partial charge in [0.1, 0.15) is 11.8 Å². The van der Waals surface area contributed by atoms with E-state index in [1.54, 1.807) is 19.2 Å². The molecule has 1 aromatic carbocycles. The van der Waals surface area contributed by atoms with Crippen LogP contribution in [-0.4, -0.2) is 34.9 Å². The van der Waals surface area contributed by atoms with Gasteiger partial charge in [-0.05, 0) is 42.9 Å². The smallest absolute Gasteiger partial charge is 0.287 e. The van der Waals surface area contributed by atoms with Crippen LogP contribution in [0, 0.1) is 5.92 Å². The first-order chi connectivity index (χ1) is 16.4. The summed E-state index contributed by atoms with van der Waals surface area (Å²) in [5.41, 5.74) is 3.64. The van der Waals surface area contributed by atoms with E-state index in [2.05, 4.69) is 20.6 Å². The summed E-state index contributed by atoms with van der Waals surface area (Å²) in [6, 6.07) is 10.5. The van der Waals surface area contributed by atoms with Crippen LogP contribution in [-0.2, 0) is 23.4 Å². The van der Waals surface area contributed by atoms with Gasteiger partial charge in [-0.3, -0.25) is 14.4 Å². The van der Waals surface area contributed by atoms with Crippen molar-refractivity contribution in [2.24, 2.45) is 5.92 Å². The Morgan fingerprint density at radius 3 is 2.62 bits per heavy atom. The third kappa shape index (κ3) is 5.25. The van der Waals surface area contributed by atoms with Gasteiger partial charge in [0.15, 0.2) is 10.9 Å². The maximum atomic E-state index is 12.6. The average Bonchev–Trinajstić information content (AvgIpc) is 3.51. The van der Waals surface area contributed by atoms with Crippen LogP contribution in [0.4, 0.5) is 0 Å². The van der Waals surface area contributed by atoms with Gasteiger partial charge in [0.25, 0.3) is 11.5 Å². The minimum atomic E-state index is -0.641. The number of hydrogen-bond acceptors (Lipinski definition) is 6. The van der Waals surface area contributed by atoms with Crippen LogP contribution in [0.15, 0.2) is 50.8 Å². The average molecular weight is 481 g/mol. The normalized spacial score (nSPS) is 13.5. The number of carbonyl (C=O) groups is 2. The Balaban J connectivity index is 1.39. The molecule has 4 rings (SSSR count). The molecule has 1 aliphatic rings. The second kappa shape index (κ2) is 10.3. The van der Waals surface area contributed by atoms with Crippen molar-refractivity contribution < 1.29 is 14.0 Å². The van der Waals surface area contributed by atoms with E-state index >= 15 is 0 Å². The molecule has 178 valence electrons. The van der Waals surface area contributed by atoms with E-state index in [0.717, 1.165) is 41.6 Å². The molecule has 3 aromatic rings.